The molecule has 0 aliphatic carbocycles. The third-order valence-corrected chi connectivity index (χ3v) is 4.06. The molecule has 25 heavy (non-hydrogen) atoms. The van der Waals surface area contributed by atoms with Crippen molar-refractivity contribution < 1.29 is 9.90 Å². The molecule has 2 aromatic carbocycles. The Bertz CT molecular complexity index is 923. The van der Waals surface area contributed by atoms with Crippen molar-refractivity contribution in [1.82, 2.24) is 9.97 Å². The van der Waals surface area contributed by atoms with Gasteiger partial charge in [-0.25, -0.2) is 14.8 Å². The molecule has 0 aliphatic heterocycles. The SMILES string of the molecule is Nc1ncc(-c2cc(Cl)c(Nc3ccccc3C(=O)O)c(Cl)c2)cn1. The molecule has 0 spiro atoms. The molecule has 0 saturated heterocycles. The fraction of sp³-hybridized carbons (Fsp3) is 0. The first-order valence-corrected chi connectivity index (χ1v) is 7.87. The second-order valence-corrected chi connectivity index (χ2v) is 5.93. The summed E-state index contributed by atoms with van der Waals surface area (Å²) in [4.78, 5) is 19.2. The van der Waals surface area contributed by atoms with E-state index in [1.165, 1.54) is 6.07 Å². The van der Waals surface area contributed by atoms with E-state index in [1.54, 1.807) is 42.7 Å². The van der Waals surface area contributed by atoms with Crippen LogP contribution in [-0.4, -0.2) is 21.0 Å². The average Bonchev–Trinajstić information content (AvgIpc) is 2.59. The Hall–Kier alpha value is -2.83. The van der Waals surface area contributed by atoms with Crippen LogP contribution in [0.1, 0.15) is 10.4 Å². The van der Waals surface area contributed by atoms with Crippen LogP contribution in [-0.2, 0) is 0 Å². The molecule has 3 rings (SSSR count). The van der Waals surface area contributed by atoms with Crippen molar-refractivity contribution in [2.24, 2.45) is 0 Å². The van der Waals surface area contributed by atoms with Gasteiger partial charge in [-0.1, -0.05) is 35.3 Å². The largest absolute Gasteiger partial charge is 0.478 e. The highest BCUT2D eigenvalue weighted by atomic mass is 35.5. The normalized spacial score (nSPS) is 10.5. The number of carboxylic acids is 1. The van der Waals surface area contributed by atoms with Gasteiger partial charge in [0, 0.05) is 18.0 Å². The lowest BCUT2D eigenvalue weighted by Gasteiger charge is -2.14. The Morgan fingerprint density at radius 3 is 2.24 bits per heavy atom. The zero-order valence-corrected chi connectivity index (χ0v) is 14.2. The predicted molar refractivity (Wildman–Crippen MR) is 98.6 cm³/mol. The number of nitrogen functional groups attached to an aromatic ring is 1. The Balaban J connectivity index is 1.99. The van der Waals surface area contributed by atoms with Gasteiger partial charge >= 0.3 is 5.97 Å². The van der Waals surface area contributed by atoms with Crippen molar-refractivity contribution in [3.05, 3.63) is 64.4 Å². The fourth-order valence-electron chi connectivity index (χ4n) is 2.26. The van der Waals surface area contributed by atoms with Gasteiger partial charge in [0.25, 0.3) is 0 Å². The lowest BCUT2D eigenvalue weighted by molar-refractivity contribution is 0.0698. The summed E-state index contributed by atoms with van der Waals surface area (Å²) in [6.45, 7) is 0. The van der Waals surface area contributed by atoms with E-state index in [4.69, 9.17) is 28.9 Å². The number of rotatable bonds is 4. The minimum absolute atomic E-state index is 0.116. The third-order valence-electron chi connectivity index (χ3n) is 3.46. The van der Waals surface area contributed by atoms with Gasteiger partial charge in [0.05, 0.1) is 27.0 Å². The fourth-order valence-corrected chi connectivity index (χ4v) is 2.84. The van der Waals surface area contributed by atoms with E-state index in [1.807, 2.05) is 0 Å². The topological polar surface area (TPSA) is 101 Å². The highest BCUT2D eigenvalue weighted by molar-refractivity contribution is 6.39. The molecule has 1 aromatic heterocycles. The van der Waals surface area contributed by atoms with Gasteiger partial charge in [0.2, 0.25) is 5.95 Å². The quantitative estimate of drug-likeness (QED) is 0.622. The second-order valence-electron chi connectivity index (χ2n) is 5.12. The van der Waals surface area contributed by atoms with E-state index in [0.29, 0.717) is 32.5 Å². The molecule has 0 fully saturated rings. The maximum Gasteiger partial charge on any atom is 0.337 e. The minimum atomic E-state index is -1.05. The summed E-state index contributed by atoms with van der Waals surface area (Å²) in [5.74, 6) is -0.879. The number of aromatic nitrogens is 2. The van der Waals surface area contributed by atoms with Gasteiger partial charge in [0.1, 0.15) is 0 Å². The number of hydrogen-bond acceptors (Lipinski definition) is 5. The predicted octanol–water partition coefficient (Wildman–Crippen LogP) is 4.47. The van der Waals surface area contributed by atoms with Crippen molar-refractivity contribution in [2.75, 3.05) is 11.1 Å². The smallest absolute Gasteiger partial charge is 0.337 e. The Labute approximate surface area is 153 Å². The van der Waals surface area contributed by atoms with Crippen molar-refractivity contribution in [2.45, 2.75) is 0 Å². The first kappa shape index (κ1) is 17.0. The molecule has 0 radical (unpaired) electrons. The first-order chi connectivity index (χ1) is 12.0. The van der Waals surface area contributed by atoms with Crippen molar-refractivity contribution in [1.29, 1.82) is 0 Å². The Kier molecular flexibility index (Phi) is 4.74. The Morgan fingerprint density at radius 2 is 1.64 bits per heavy atom. The summed E-state index contributed by atoms with van der Waals surface area (Å²) in [5.41, 5.74) is 7.82. The number of halogens is 2. The van der Waals surface area contributed by atoms with Gasteiger partial charge < -0.3 is 16.2 Å². The summed E-state index contributed by atoms with van der Waals surface area (Å²) < 4.78 is 0. The van der Waals surface area contributed by atoms with Gasteiger partial charge in [-0.2, -0.15) is 0 Å². The number of para-hydroxylation sites is 1. The minimum Gasteiger partial charge on any atom is -0.478 e. The number of benzene rings is 2. The average molecular weight is 375 g/mol. The molecule has 0 aliphatic rings. The molecule has 1 heterocycles. The number of hydrogen-bond donors (Lipinski definition) is 3. The van der Waals surface area contributed by atoms with Crippen LogP contribution in [0.3, 0.4) is 0 Å². The number of carbonyl (C=O) groups is 1. The molecule has 4 N–H and O–H groups in total. The number of anilines is 3. The number of nitrogens with one attached hydrogen (secondary N) is 1. The molecule has 0 bridgehead atoms. The summed E-state index contributed by atoms with van der Waals surface area (Å²) in [6, 6.07) is 9.87. The van der Waals surface area contributed by atoms with Crippen LogP contribution < -0.4 is 11.1 Å². The lowest BCUT2D eigenvalue weighted by Crippen LogP contribution is -2.03. The number of carboxylic acid groups (broad SMARTS) is 1. The van der Waals surface area contributed by atoms with Crippen LogP contribution in [0.2, 0.25) is 10.0 Å². The van der Waals surface area contributed by atoms with E-state index < -0.39 is 5.97 Å². The van der Waals surface area contributed by atoms with Crippen molar-refractivity contribution >= 4 is 46.5 Å². The van der Waals surface area contributed by atoms with Crippen molar-refractivity contribution in [3.63, 3.8) is 0 Å². The Morgan fingerprint density at radius 1 is 1.04 bits per heavy atom. The molecule has 0 saturated carbocycles. The summed E-state index contributed by atoms with van der Waals surface area (Å²) in [7, 11) is 0. The molecule has 6 nitrogen and oxygen atoms in total. The highest BCUT2D eigenvalue weighted by Gasteiger charge is 2.14. The molecular formula is C17H12Cl2N4O2. The van der Waals surface area contributed by atoms with Gasteiger partial charge in [-0.15, -0.1) is 0 Å². The number of aromatic carboxylic acids is 1. The van der Waals surface area contributed by atoms with Gasteiger partial charge in [0.15, 0.2) is 0 Å². The van der Waals surface area contributed by atoms with Crippen LogP contribution in [0.25, 0.3) is 11.1 Å². The van der Waals surface area contributed by atoms with Crippen LogP contribution >= 0.6 is 23.2 Å². The molecule has 126 valence electrons. The molecule has 0 atom stereocenters. The highest BCUT2D eigenvalue weighted by Crippen LogP contribution is 2.37. The molecular weight excluding hydrogens is 363 g/mol. The monoisotopic (exact) mass is 374 g/mol. The third kappa shape index (κ3) is 3.65. The zero-order valence-electron chi connectivity index (χ0n) is 12.7. The van der Waals surface area contributed by atoms with E-state index >= 15 is 0 Å². The van der Waals surface area contributed by atoms with Crippen LogP contribution in [0, 0.1) is 0 Å². The number of nitrogens with two attached hydrogens (primary N) is 1. The van der Waals surface area contributed by atoms with E-state index in [2.05, 4.69) is 15.3 Å². The van der Waals surface area contributed by atoms with Crippen LogP contribution in [0.15, 0.2) is 48.8 Å². The zero-order chi connectivity index (χ0) is 18.0. The van der Waals surface area contributed by atoms with Crippen molar-refractivity contribution in [3.8, 4) is 11.1 Å². The summed E-state index contributed by atoms with van der Waals surface area (Å²) in [5, 5.41) is 12.9. The number of nitrogens with zero attached hydrogens (tertiary/aromatic N) is 2. The molecule has 3 aromatic rings. The maximum atomic E-state index is 11.3. The van der Waals surface area contributed by atoms with Gasteiger partial charge in [-0.05, 0) is 29.8 Å². The summed E-state index contributed by atoms with van der Waals surface area (Å²) >= 11 is 12.7. The van der Waals surface area contributed by atoms with E-state index in [9.17, 15) is 9.90 Å². The van der Waals surface area contributed by atoms with E-state index in [0.717, 1.165) is 0 Å². The van der Waals surface area contributed by atoms with Crippen LogP contribution in [0.4, 0.5) is 17.3 Å². The molecule has 0 amide bonds. The molecule has 0 unspecified atom stereocenters. The maximum absolute atomic E-state index is 11.3. The second kappa shape index (κ2) is 6.96. The molecule has 8 heteroatoms. The standard InChI is InChI=1S/C17H12Cl2N4O2/c18-12-5-9(10-7-21-17(20)22-8-10)6-13(19)15(12)23-14-4-2-1-3-11(14)16(24)25/h1-8,23H,(H,24,25)(H2,20,21,22). The lowest BCUT2D eigenvalue weighted by atomic mass is 10.1. The van der Waals surface area contributed by atoms with E-state index in [-0.39, 0.29) is 11.5 Å². The van der Waals surface area contributed by atoms with Gasteiger partial charge in [-0.3, -0.25) is 0 Å². The summed E-state index contributed by atoms with van der Waals surface area (Å²) in [6.07, 6.45) is 3.13. The van der Waals surface area contributed by atoms with Crippen LogP contribution in [0.5, 0.6) is 0 Å². The first-order valence-electron chi connectivity index (χ1n) is 7.12.